The number of rotatable bonds is 7. The molecule has 1 aliphatic heterocycles. The minimum absolute atomic E-state index is 0.131. The highest BCUT2D eigenvalue weighted by molar-refractivity contribution is 7.92. The van der Waals surface area contributed by atoms with Crippen molar-refractivity contribution in [3.8, 4) is 5.75 Å². The van der Waals surface area contributed by atoms with E-state index in [2.05, 4.69) is 19.2 Å². The van der Waals surface area contributed by atoms with Gasteiger partial charge in [-0.3, -0.25) is 9.10 Å². The maximum atomic E-state index is 13.1. The summed E-state index contributed by atoms with van der Waals surface area (Å²) in [5.74, 6) is 0.656. The quantitative estimate of drug-likeness (QED) is 0.572. The molecule has 0 unspecified atom stereocenters. The van der Waals surface area contributed by atoms with Crippen LogP contribution in [0.5, 0.6) is 5.75 Å². The van der Waals surface area contributed by atoms with Crippen LogP contribution in [0.2, 0.25) is 0 Å². The van der Waals surface area contributed by atoms with Gasteiger partial charge >= 0.3 is 0 Å². The molecule has 1 heterocycles. The highest BCUT2D eigenvalue weighted by atomic mass is 32.2. The predicted octanol–water partition coefficient (Wildman–Crippen LogP) is 4.58. The van der Waals surface area contributed by atoms with Crippen molar-refractivity contribution in [3.63, 3.8) is 0 Å². The largest absolute Gasteiger partial charge is 0.483 e. The molecule has 0 saturated carbocycles. The zero-order valence-corrected chi connectivity index (χ0v) is 18.9. The van der Waals surface area contributed by atoms with E-state index in [1.807, 2.05) is 48.5 Å². The average molecular weight is 451 g/mol. The van der Waals surface area contributed by atoms with Crippen LogP contribution in [-0.2, 0) is 21.2 Å². The highest BCUT2D eigenvalue weighted by Gasteiger charge is 2.30. The molecule has 3 aromatic carbocycles. The number of hydrogen-bond donors (Lipinski definition) is 1. The lowest BCUT2D eigenvalue weighted by molar-refractivity contribution is -0.118. The molecule has 0 aliphatic carbocycles. The van der Waals surface area contributed by atoms with Crippen LogP contribution >= 0.6 is 0 Å². The smallest absolute Gasteiger partial charge is 0.264 e. The summed E-state index contributed by atoms with van der Waals surface area (Å²) >= 11 is 0. The first-order valence-corrected chi connectivity index (χ1v) is 12.0. The molecule has 0 saturated heterocycles. The topological polar surface area (TPSA) is 75.7 Å². The Kier molecular flexibility index (Phi) is 6.19. The number of ether oxygens (including phenoxy) is 1. The number of fused-ring (bicyclic) bond motifs is 1. The fraction of sp³-hybridized carbons (Fsp3) is 0.240. The van der Waals surface area contributed by atoms with Crippen molar-refractivity contribution in [2.45, 2.75) is 31.1 Å². The molecule has 0 radical (unpaired) electrons. The monoisotopic (exact) mass is 450 g/mol. The number of hydrogen-bond acceptors (Lipinski definition) is 4. The highest BCUT2D eigenvalue weighted by Crippen LogP contribution is 2.33. The number of nitrogens with one attached hydrogen (secondary N) is 1. The molecule has 0 atom stereocenters. The Hall–Kier alpha value is -3.32. The van der Waals surface area contributed by atoms with Gasteiger partial charge in [0.1, 0.15) is 5.75 Å². The Morgan fingerprint density at radius 1 is 1.00 bits per heavy atom. The maximum absolute atomic E-state index is 13.1. The fourth-order valence-electron chi connectivity index (χ4n) is 3.82. The Bertz CT molecular complexity index is 1220. The normalized spacial score (nSPS) is 13.2. The summed E-state index contributed by atoms with van der Waals surface area (Å²) in [4.78, 5) is 12.5. The van der Waals surface area contributed by atoms with E-state index in [1.54, 1.807) is 12.1 Å². The summed E-state index contributed by atoms with van der Waals surface area (Å²) in [6, 6.07) is 21.4. The molecule has 0 aromatic heterocycles. The lowest BCUT2D eigenvalue weighted by atomic mass is 10.0. The van der Waals surface area contributed by atoms with E-state index >= 15 is 0 Å². The number of sulfonamides is 1. The molecule has 0 fully saturated rings. The number of para-hydroxylation sites is 2. The zero-order valence-electron chi connectivity index (χ0n) is 18.1. The van der Waals surface area contributed by atoms with E-state index in [0.717, 1.165) is 16.8 Å². The first kappa shape index (κ1) is 21.9. The first-order chi connectivity index (χ1) is 15.4. The Morgan fingerprint density at radius 3 is 2.44 bits per heavy atom. The van der Waals surface area contributed by atoms with Crippen LogP contribution in [0.25, 0.3) is 0 Å². The molecule has 32 heavy (non-hydrogen) atoms. The van der Waals surface area contributed by atoms with Crippen LogP contribution in [0.3, 0.4) is 0 Å². The van der Waals surface area contributed by atoms with Gasteiger partial charge in [0.25, 0.3) is 15.9 Å². The summed E-state index contributed by atoms with van der Waals surface area (Å²) in [6.07, 6.45) is 0.698. The van der Waals surface area contributed by atoms with Gasteiger partial charge in [0.05, 0.1) is 10.6 Å². The number of benzene rings is 3. The summed E-state index contributed by atoms with van der Waals surface area (Å²) in [5, 5.41) is 2.75. The van der Waals surface area contributed by atoms with Gasteiger partial charge in [-0.1, -0.05) is 50.2 Å². The molecular weight excluding hydrogens is 424 g/mol. The van der Waals surface area contributed by atoms with Gasteiger partial charge in [-0.15, -0.1) is 0 Å². The first-order valence-electron chi connectivity index (χ1n) is 10.6. The van der Waals surface area contributed by atoms with Gasteiger partial charge in [-0.05, 0) is 59.9 Å². The maximum Gasteiger partial charge on any atom is 0.264 e. The number of carbonyl (C=O) groups is 1. The molecular formula is C25H26N2O4S. The van der Waals surface area contributed by atoms with Crippen LogP contribution in [0.15, 0.2) is 77.7 Å². The van der Waals surface area contributed by atoms with Crippen molar-refractivity contribution >= 4 is 27.3 Å². The van der Waals surface area contributed by atoms with Crippen molar-refractivity contribution in [2.24, 2.45) is 0 Å². The van der Waals surface area contributed by atoms with Crippen LogP contribution in [0.4, 0.5) is 11.4 Å². The van der Waals surface area contributed by atoms with Crippen molar-refractivity contribution < 1.29 is 17.9 Å². The van der Waals surface area contributed by atoms with Crippen LogP contribution in [0.1, 0.15) is 30.9 Å². The van der Waals surface area contributed by atoms with E-state index in [4.69, 9.17) is 4.74 Å². The third-order valence-electron chi connectivity index (χ3n) is 5.47. The Balaban J connectivity index is 1.41. The number of nitrogens with zero attached hydrogens (tertiary/aromatic N) is 1. The van der Waals surface area contributed by atoms with Crippen molar-refractivity contribution in [2.75, 3.05) is 22.8 Å². The van der Waals surface area contributed by atoms with Crippen molar-refractivity contribution in [1.29, 1.82) is 0 Å². The fourth-order valence-corrected chi connectivity index (χ4v) is 5.33. The van der Waals surface area contributed by atoms with E-state index in [0.29, 0.717) is 24.4 Å². The molecule has 7 heteroatoms. The van der Waals surface area contributed by atoms with E-state index in [9.17, 15) is 13.2 Å². The SMILES string of the molecule is CC(C)c1ccccc1OCC(=O)Nc1ccc(S(=O)(=O)N2CCc3ccccc32)cc1. The van der Waals surface area contributed by atoms with Gasteiger partial charge in [0, 0.05) is 12.2 Å². The molecule has 1 N–H and O–H groups in total. The Labute approximate surface area is 188 Å². The molecule has 4 rings (SSSR count). The number of anilines is 2. The van der Waals surface area contributed by atoms with Crippen molar-refractivity contribution in [1.82, 2.24) is 0 Å². The zero-order chi connectivity index (χ0) is 22.7. The molecule has 6 nitrogen and oxygen atoms in total. The molecule has 1 aliphatic rings. The second-order valence-corrected chi connectivity index (χ2v) is 9.87. The predicted molar refractivity (Wildman–Crippen MR) is 126 cm³/mol. The van der Waals surface area contributed by atoms with E-state index in [1.165, 1.54) is 16.4 Å². The lowest BCUT2D eigenvalue weighted by Crippen LogP contribution is -2.29. The van der Waals surface area contributed by atoms with Gasteiger partial charge in [-0.25, -0.2) is 8.42 Å². The second-order valence-electron chi connectivity index (χ2n) is 8.01. The summed E-state index contributed by atoms with van der Waals surface area (Å²) in [6.45, 7) is 4.43. The van der Waals surface area contributed by atoms with Gasteiger partial charge in [0.2, 0.25) is 0 Å². The number of carbonyl (C=O) groups excluding carboxylic acids is 1. The Morgan fingerprint density at radius 2 is 1.69 bits per heavy atom. The van der Waals surface area contributed by atoms with Crippen molar-refractivity contribution in [3.05, 3.63) is 83.9 Å². The van der Waals surface area contributed by atoms with Gasteiger partial charge in [-0.2, -0.15) is 0 Å². The molecule has 166 valence electrons. The molecule has 3 aromatic rings. The molecule has 0 spiro atoms. The second kappa shape index (κ2) is 9.04. The third-order valence-corrected chi connectivity index (χ3v) is 7.30. The van der Waals surface area contributed by atoms with Crippen LogP contribution < -0.4 is 14.4 Å². The summed E-state index contributed by atoms with van der Waals surface area (Å²) in [7, 11) is -3.66. The molecule has 1 amide bonds. The van der Waals surface area contributed by atoms with Gasteiger partial charge < -0.3 is 10.1 Å². The standard InChI is InChI=1S/C25H26N2O4S/c1-18(2)22-8-4-6-10-24(22)31-17-25(28)26-20-11-13-21(14-12-20)32(29,30)27-16-15-19-7-3-5-9-23(19)27/h3-14,18H,15-17H2,1-2H3,(H,26,28). The van der Waals surface area contributed by atoms with E-state index < -0.39 is 10.0 Å². The minimum atomic E-state index is -3.66. The minimum Gasteiger partial charge on any atom is -0.483 e. The lowest BCUT2D eigenvalue weighted by Gasteiger charge is -2.19. The number of amides is 1. The average Bonchev–Trinajstić information content (AvgIpc) is 3.23. The van der Waals surface area contributed by atoms with Gasteiger partial charge in [0.15, 0.2) is 6.61 Å². The van der Waals surface area contributed by atoms with Crippen LogP contribution in [0, 0.1) is 0 Å². The summed E-state index contributed by atoms with van der Waals surface area (Å²) in [5.41, 5.74) is 3.30. The van der Waals surface area contributed by atoms with Crippen LogP contribution in [-0.4, -0.2) is 27.5 Å². The summed E-state index contributed by atoms with van der Waals surface area (Å²) < 4.78 is 33.3. The third kappa shape index (κ3) is 4.48. The van der Waals surface area contributed by atoms with E-state index in [-0.39, 0.29) is 23.3 Å². The molecule has 0 bridgehead atoms.